The van der Waals surface area contributed by atoms with Crippen LogP contribution in [0, 0.1) is 0 Å². The number of aliphatic hydroxyl groups is 1. The molecular formula is C13H21N3O4S. The summed E-state index contributed by atoms with van der Waals surface area (Å²) in [5, 5.41) is 13.4. The van der Waals surface area contributed by atoms with Crippen molar-refractivity contribution in [3.63, 3.8) is 0 Å². The molecule has 0 aromatic heterocycles. The van der Waals surface area contributed by atoms with Gasteiger partial charge in [-0.2, -0.15) is 0 Å². The summed E-state index contributed by atoms with van der Waals surface area (Å²) in [6, 6.07) is 4.43. The number of ether oxygens (including phenoxy) is 1. The lowest BCUT2D eigenvalue weighted by Gasteiger charge is -2.32. The summed E-state index contributed by atoms with van der Waals surface area (Å²) >= 11 is 0. The Bertz CT molecular complexity index is 597. The first-order valence-corrected chi connectivity index (χ1v) is 8.22. The molecule has 0 unspecified atom stereocenters. The Labute approximate surface area is 124 Å². The second kappa shape index (κ2) is 6.18. The Morgan fingerprint density at radius 2 is 2.05 bits per heavy atom. The monoisotopic (exact) mass is 315 g/mol. The fraction of sp³-hybridized carbons (Fsp3) is 0.538. The van der Waals surface area contributed by atoms with E-state index in [2.05, 4.69) is 10.0 Å². The number of hydrogen-bond donors (Lipinski definition) is 4. The molecule has 1 fully saturated rings. The van der Waals surface area contributed by atoms with E-state index >= 15 is 0 Å². The van der Waals surface area contributed by atoms with Crippen molar-refractivity contribution < 1.29 is 18.3 Å². The molecule has 1 saturated heterocycles. The van der Waals surface area contributed by atoms with Gasteiger partial charge in [-0.25, -0.2) is 13.1 Å². The van der Waals surface area contributed by atoms with E-state index in [-0.39, 0.29) is 4.90 Å². The topological polar surface area (TPSA) is 114 Å². The fourth-order valence-electron chi connectivity index (χ4n) is 2.16. The molecule has 0 spiro atoms. The third kappa shape index (κ3) is 3.85. The van der Waals surface area contributed by atoms with Crippen LogP contribution in [0.2, 0.25) is 0 Å². The van der Waals surface area contributed by atoms with E-state index in [9.17, 15) is 13.5 Å². The Kier molecular flexibility index (Phi) is 4.72. The summed E-state index contributed by atoms with van der Waals surface area (Å²) in [5.74, 6) is 0. The average Bonchev–Trinajstić information content (AvgIpc) is 2.47. The van der Waals surface area contributed by atoms with Crippen molar-refractivity contribution >= 4 is 21.4 Å². The first-order valence-electron chi connectivity index (χ1n) is 6.73. The zero-order valence-electron chi connectivity index (χ0n) is 11.9. The quantitative estimate of drug-likeness (QED) is 0.574. The highest BCUT2D eigenvalue weighted by molar-refractivity contribution is 7.89. The standard InChI is InChI=1S/C13H21N3O4S/c1-15-21(18,19)10-2-3-11(14)12(8-10)16-9-13(17)4-6-20-7-5-13/h2-3,8,15-17H,4-7,9,14H2,1H3. The summed E-state index contributed by atoms with van der Waals surface area (Å²) in [7, 11) is -2.17. The Hall–Kier alpha value is -1.35. The first-order chi connectivity index (χ1) is 9.86. The van der Waals surface area contributed by atoms with Crippen LogP contribution in [0.4, 0.5) is 11.4 Å². The van der Waals surface area contributed by atoms with Crippen molar-refractivity contribution in [3.05, 3.63) is 18.2 Å². The minimum atomic E-state index is -3.52. The molecule has 0 radical (unpaired) electrons. The summed E-state index contributed by atoms with van der Waals surface area (Å²) in [6.07, 6.45) is 1.07. The number of nitrogens with two attached hydrogens (primary N) is 1. The van der Waals surface area contributed by atoms with Gasteiger partial charge in [0.1, 0.15) is 0 Å². The fourth-order valence-corrected chi connectivity index (χ4v) is 2.92. The van der Waals surface area contributed by atoms with Crippen molar-refractivity contribution in [2.24, 2.45) is 0 Å². The molecule has 0 amide bonds. The zero-order chi connectivity index (χ0) is 15.5. The van der Waals surface area contributed by atoms with E-state index in [0.717, 1.165) is 0 Å². The van der Waals surface area contributed by atoms with Crippen LogP contribution in [-0.4, -0.2) is 45.9 Å². The molecule has 8 heteroatoms. The van der Waals surface area contributed by atoms with Gasteiger partial charge in [0.2, 0.25) is 10.0 Å². The molecule has 5 N–H and O–H groups in total. The number of sulfonamides is 1. The van der Waals surface area contributed by atoms with Gasteiger partial charge in [-0.05, 0) is 25.2 Å². The molecule has 0 aliphatic carbocycles. The lowest BCUT2D eigenvalue weighted by Crippen LogP contribution is -2.42. The summed E-state index contributed by atoms with van der Waals surface area (Å²) in [4.78, 5) is 0.126. The van der Waals surface area contributed by atoms with Crippen LogP contribution >= 0.6 is 0 Å². The summed E-state index contributed by atoms with van der Waals surface area (Å²) in [6.45, 7) is 1.33. The Morgan fingerprint density at radius 3 is 2.67 bits per heavy atom. The average molecular weight is 315 g/mol. The third-order valence-electron chi connectivity index (χ3n) is 3.64. The van der Waals surface area contributed by atoms with Crippen LogP contribution in [0.15, 0.2) is 23.1 Å². The molecule has 1 aromatic carbocycles. The van der Waals surface area contributed by atoms with Crippen molar-refractivity contribution in [2.45, 2.75) is 23.3 Å². The van der Waals surface area contributed by atoms with E-state index in [1.54, 1.807) is 0 Å². The maximum absolute atomic E-state index is 11.8. The van der Waals surface area contributed by atoms with Crippen LogP contribution in [0.1, 0.15) is 12.8 Å². The zero-order valence-corrected chi connectivity index (χ0v) is 12.7. The molecule has 0 atom stereocenters. The molecule has 118 valence electrons. The number of rotatable bonds is 5. The second-order valence-corrected chi connectivity index (χ2v) is 7.03. The number of anilines is 2. The highest BCUT2D eigenvalue weighted by atomic mass is 32.2. The number of benzene rings is 1. The molecule has 1 aliphatic heterocycles. The van der Waals surface area contributed by atoms with Gasteiger partial charge in [0.05, 0.1) is 21.9 Å². The molecule has 1 heterocycles. The number of hydrogen-bond acceptors (Lipinski definition) is 6. The molecule has 7 nitrogen and oxygen atoms in total. The van der Waals surface area contributed by atoms with Gasteiger partial charge in [0, 0.05) is 32.6 Å². The van der Waals surface area contributed by atoms with Gasteiger partial charge in [-0.1, -0.05) is 0 Å². The third-order valence-corrected chi connectivity index (χ3v) is 5.05. The highest BCUT2D eigenvalue weighted by Gasteiger charge is 2.29. The van der Waals surface area contributed by atoms with Crippen molar-refractivity contribution in [2.75, 3.05) is 37.9 Å². The highest BCUT2D eigenvalue weighted by Crippen LogP contribution is 2.26. The van der Waals surface area contributed by atoms with E-state index in [1.807, 2.05) is 0 Å². The number of nitrogen functional groups attached to an aromatic ring is 1. The molecule has 1 aliphatic rings. The minimum absolute atomic E-state index is 0.126. The van der Waals surface area contributed by atoms with Crippen molar-refractivity contribution in [1.29, 1.82) is 0 Å². The van der Waals surface area contributed by atoms with Gasteiger partial charge in [0.15, 0.2) is 0 Å². The van der Waals surface area contributed by atoms with Gasteiger partial charge < -0.3 is 20.9 Å². The van der Waals surface area contributed by atoms with E-state index in [0.29, 0.717) is 44.0 Å². The normalized spacial score (nSPS) is 18.4. The van der Waals surface area contributed by atoms with E-state index < -0.39 is 15.6 Å². The maximum Gasteiger partial charge on any atom is 0.240 e. The van der Waals surface area contributed by atoms with Crippen LogP contribution in [-0.2, 0) is 14.8 Å². The second-order valence-electron chi connectivity index (χ2n) is 5.15. The van der Waals surface area contributed by atoms with Gasteiger partial charge >= 0.3 is 0 Å². The summed E-state index contributed by atoms with van der Waals surface area (Å²) in [5.41, 5.74) is 5.91. The van der Waals surface area contributed by atoms with Gasteiger partial charge in [-0.3, -0.25) is 0 Å². The molecule has 0 bridgehead atoms. The van der Waals surface area contributed by atoms with Crippen LogP contribution in [0.5, 0.6) is 0 Å². The largest absolute Gasteiger partial charge is 0.397 e. The van der Waals surface area contributed by atoms with Crippen LogP contribution in [0.3, 0.4) is 0 Å². The predicted molar refractivity (Wildman–Crippen MR) is 80.6 cm³/mol. The van der Waals surface area contributed by atoms with Crippen LogP contribution in [0.25, 0.3) is 0 Å². The Morgan fingerprint density at radius 1 is 1.38 bits per heavy atom. The molecule has 0 saturated carbocycles. The minimum Gasteiger partial charge on any atom is -0.397 e. The number of nitrogens with one attached hydrogen (secondary N) is 2. The van der Waals surface area contributed by atoms with Crippen LogP contribution < -0.4 is 15.8 Å². The van der Waals surface area contributed by atoms with E-state index in [4.69, 9.17) is 10.5 Å². The van der Waals surface area contributed by atoms with Crippen molar-refractivity contribution in [3.8, 4) is 0 Å². The van der Waals surface area contributed by atoms with E-state index in [1.165, 1.54) is 25.2 Å². The molecule has 1 aromatic rings. The SMILES string of the molecule is CNS(=O)(=O)c1ccc(N)c(NCC2(O)CCOCC2)c1. The maximum atomic E-state index is 11.8. The smallest absolute Gasteiger partial charge is 0.240 e. The molecule has 21 heavy (non-hydrogen) atoms. The Balaban J connectivity index is 2.14. The summed E-state index contributed by atoms with van der Waals surface area (Å²) < 4.78 is 31.0. The molecule has 2 rings (SSSR count). The molecular weight excluding hydrogens is 294 g/mol. The lowest BCUT2D eigenvalue weighted by molar-refractivity contribution is -0.0543. The van der Waals surface area contributed by atoms with Gasteiger partial charge in [-0.15, -0.1) is 0 Å². The van der Waals surface area contributed by atoms with Gasteiger partial charge in [0.25, 0.3) is 0 Å². The first kappa shape index (κ1) is 16.0. The van der Waals surface area contributed by atoms with Crippen molar-refractivity contribution in [1.82, 2.24) is 4.72 Å². The lowest BCUT2D eigenvalue weighted by atomic mass is 9.94. The predicted octanol–water partition coefficient (Wildman–Crippen LogP) is 0.130.